The summed E-state index contributed by atoms with van der Waals surface area (Å²) >= 11 is 0. The van der Waals surface area contributed by atoms with E-state index in [1.807, 2.05) is 12.1 Å². The Balaban J connectivity index is 1.74. The second-order valence-electron chi connectivity index (χ2n) is 8.02. The summed E-state index contributed by atoms with van der Waals surface area (Å²) in [5.74, 6) is 0.660. The van der Waals surface area contributed by atoms with Gasteiger partial charge >= 0.3 is 5.97 Å². The van der Waals surface area contributed by atoms with E-state index < -0.39 is 5.97 Å². The average molecular weight is 375 g/mol. The number of nitrogens with zero attached hydrogens (tertiary/aromatic N) is 1. The molecule has 2 heterocycles. The fourth-order valence-corrected chi connectivity index (χ4v) is 4.94. The second-order valence-corrected chi connectivity index (χ2v) is 8.02. The van der Waals surface area contributed by atoms with E-state index in [0.29, 0.717) is 18.1 Å². The molecule has 4 heteroatoms. The molecule has 1 saturated carbocycles. The molecule has 0 amide bonds. The topological polar surface area (TPSA) is 51.5 Å². The summed E-state index contributed by atoms with van der Waals surface area (Å²) in [6.45, 7) is 1.51. The number of hydrogen-bond acceptors (Lipinski definition) is 2. The highest BCUT2D eigenvalue weighted by Crippen LogP contribution is 2.44. The SMILES string of the molecule is O=C(O)c1ccc2cc3n(c2c1)CCCOc1cccc(C2CCCCC2)c1-3. The van der Waals surface area contributed by atoms with Crippen LogP contribution in [0.5, 0.6) is 5.75 Å². The Morgan fingerprint density at radius 2 is 1.89 bits per heavy atom. The van der Waals surface area contributed by atoms with Gasteiger partial charge in [0.15, 0.2) is 0 Å². The van der Waals surface area contributed by atoms with E-state index in [1.54, 1.807) is 6.07 Å². The summed E-state index contributed by atoms with van der Waals surface area (Å²) in [7, 11) is 0. The van der Waals surface area contributed by atoms with Gasteiger partial charge in [-0.1, -0.05) is 37.5 Å². The number of carboxylic acids is 1. The third-order valence-corrected chi connectivity index (χ3v) is 6.29. The lowest BCUT2D eigenvalue weighted by Gasteiger charge is -2.27. The normalized spacial score (nSPS) is 17.3. The van der Waals surface area contributed by atoms with Gasteiger partial charge in [0.25, 0.3) is 0 Å². The Hall–Kier alpha value is -2.75. The maximum Gasteiger partial charge on any atom is 0.335 e. The molecule has 3 aromatic rings. The van der Waals surface area contributed by atoms with E-state index >= 15 is 0 Å². The number of aryl methyl sites for hydroxylation is 1. The van der Waals surface area contributed by atoms with Crippen LogP contribution < -0.4 is 4.74 Å². The van der Waals surface area contributed by atoms with E-state index in [9.17, 15) is 9.90 Å². The number of fused-ring (bicyclic) bond motifs is 5. The third-order valence-electron chi connectivity index (χ3n) is 6.29. The molecule has 1 aliphatic heterocycles. The van der Waals surface area contributed by atoms with Gasteiger partial charge in [-0.05, 0) is 55.0 Å². The van der Waals surface area contributed by atoms with Gasteiger partial charge < -0.3 is 14.4 Å². The summed E-state index contributed by atoms with van der Waals surface area (Å²) in [4.78, 5) is 11.5. The van der Waals surface area contributed by atoms with Gasteiger partial charge in [0.2, 0.25) is 0 Å². The quantitative estimate of drug-likeness (QED) is 0.612. The van der Waals surface area contributed by atoms with Crippen LogP contribution in [0.1, 0.15) is 60.4 Å². The van der Waals surface area contributed by atoms with Crippen molar-refractivity contribution in [2.75, 3.05) is 6.61 Å². The number of rotatable bonds is 2. The van der Waals surface area contributed by atoms with Gasteiger partial charge in [-0.3, -0.25) is 0 Å². The molecule has 4 nitrogen and oxygen atoms in total. The van der Waals surface area contributed by atoms with Crippen LogP contribution in [-0.4, -0.2) is 22.2 Å². The molecule has 0 bridgehead atoms. The summed E-state index contributed by atoms with van der Waals surface area (Å²) in [6.07, 6.45) is 7.29. The molecular weight excluding hydrogens is 350 g/mol. The van der Waals surface area contributed by atoms with E-state index in [-0.39, 0.29) is 0 Å². The monoisotopic (exact) mass is 375 g/mol. The van der Waals surface area contributed by atoms with Crippen molar-refractivity contribution in [3.8, 4) is 17.0 Å². The van der Waals surface area contributed by atoms with E-state index in [4.69, 9.17) is 4.74 Å². The van der Waals surface area contributed by atoms with Crippen LogP contribution in [0.25, 0.3) is 22.2 Å². The fraction of sp³-hybridized carbons (Fsp3) is 0.375. The summed E-state index contributed by atoms with van der Waals surface area (Å²) in [5, 5.41) is 10.5. The fourth-order valence-electron chi connectivity index (χ4n) is 4.94. The Morgan fingerprint density at radius 1 is 1.04 bits per heavy atom. The van der Waals surface area contributed by atoms with Crippen LogP contribution in [0.3, 0.4) is 0 Å². The van der Waals surface area contributed by atoms with Crippen molar-refractivity contribution in [3.63, 3.8) is 0 Å². The molecule has 2 aliphatic rings. The minimum atomic E-state index is -0.880. The predicted molar refractivity (Wildman–Crippen MR) is 110 cm³/mol. The highest BCUT2D eigenvalue weighted by Gasteiger charge is 2.25. The molecule has 0 unspecified atom stereocenters. The van der Waals surface area contributed by atoms with Crippen molar-refractivity contribution in [1.29, 1.82) is 0 Å². The van der Waals surface area contributed by atoms with E-state index in [1.165, 1.54) is 43.2 Å². The minimum absolute atomic E-state index is 0.340. The molecule has 0 atom stereocenters. The molecule has 1 N–H and O–H groups in total. The Kier molecular flexibility index (Phi) is 4.34. The van der Waals surface area contributed by atoms with Crippen LogP contribution in [-0.2, 0) is 6.54 Å². The van der Waals surface area contributed by atoms with Crippen LogP contribution in [0, 0.1) is 0 Å². The predicted octanol–water partition coefficient (Wildman–Crippen LogP) is 5.84. The smallest absolute Gasteiger partial charge is 0.335 e. The van der Waals surface area contributed by atoms with Crippen molar-refractivity contribution >= 4 is 16.9 Å². The maximum atomic E-state index is 11.5. The van der Waals surface area contributed by atoms with Crippen LogP contribution >= 0.6 is 0 Å². The van der Waals surface area contributed by atoms with Crippen molar-refractivity contribution in [2.45, 2.75) is 51.0 Å². The number of carboxylic acid groups (broad SMARTS) is 1. The van der Waals surface area contributed by atoms with E-state index in [2.05, 4.69) is 28.8 Å². The molecule has 2 aromatic carbocycles. The lowest BCUT2D eigenvalue weighted by atomic mass is 9.81. The largest absolute Gasteiger partial charge is 0.493 e. The van der Waals surface area contributed by atoms with Crippen LogP contribution in [0.4, 0.5) is 0 Å². The standard InChI is InChI=1S/C24H25NO3/c26-24(27)18-11-10-17-14-21-23-19(16-6-2-1-3-7-16)8-4-9-22(23)28-13-5-12-25(21)20(17)15-18/h4,8-11,14-16H,1-3,5-7,12-13H2,(H,26,27). The van der Waals surface area contributed by atoms with Gasteiger partial charge in [0, 0.05) is 23.0 Å². The Bertz CT molecular complexity index is 1040. The van der Waals surface area contributed by atoms with Crippen molar-refractivity contribution < 1.29 is 14.6 Å². The number of benzene rings is 2. The van der Waals surface area contributed by atoms with Gasteiger partial charge in [0.1, 0.15) is 5.75 Å². The first-order chi connectivity index (χ1) is 13.7. The Labute approximate surface area is 164 Å². The van der Waals surface area contributed by atoms with E-state index in [0.717, 1.165) is 35.3 Å². The highest BCUT2D eigenvalue weighted by molar-refractivity contribution is 5.96. The molecule has 0 saturated heterocycles. The van der Waals surface area contributed by atoms with Gasteiger partial charge in [-0.15, -0.1) is 0 Å². The molecule has 28 heavy (non-hydrogen) atoms. The number of hydrogen-bond donors (Lipinski definition) is 1. The van der Waals surface area contributed by atoms with Crippen LogP contribution in [0.15, 0.2) is 42.5 Å². The number of ether oxygens (including phenoxy) is 1. The molecule has 5 rings (SSSR count). The number of aromatic carboxylic acids is 1. The van der Waals surface area contributed by atoms with Gasteiger partial charge in [0.05, 0.1) is 17.9 Å². The number of carbonyl (C=O) groups is 1. The molecule has 1 aliphatic carbocycles. The zero-order valence-electron chi connectivity index (χ0n) is 16.0. The van der Waals surface area contributed by atoms with Crippen molar-refractivity contribution in [2.24, 2.45) is 0 Å². The first-order valence-electron chi connectivity index (χ1n) is 10.3. The molecule has 144 valence electrons. The average Bonchev–Trinajstić information content (AvgIpc) is 3.06. The lowest BCUT2D eigenvalue weighted by Crippen LogP contribution is -2.13. The molecule has 1 fully saturated rings. The maximum absolute atomic E-state index is 11.5. The van der Waals surface area contributed by atoms with Gasteiger partial charge in [-0.2, -0.15) is 0 Å². The summed E-state index contributed by atoms with van der Waals surface area (Å²) < 4.78 is 8.47. The molecule has 0 radical (unpaired) electrons. The molecule has 1 aromatic heterocycles. The molecule has 0 spiro atoms. The minimum Gasteiger partial charge on any atom is -0.493 e. The summed E-state index contributed by atoms with van der Waals surface area (Å²) in [5.41, 5.74) is 5.10. The zero-order valence-corrected chi connectivity index (χ0v) is 16.0. The molecular formula is C24H25NO3. The lowest BCUT2D eigenvalue weighted by molar-refractivity contribution is 0.0697. The van der Waals surface area contributed by atoms with Gasteiger partial charge in [-0.25, -0.2) is 4.79 Å². The zero-order chi connectivity index (χ0) is 19.1. The van der Waals surface area contributed by atoms with Crippen molar-refractivity contribution in [3.05, 3.63) is 53.6 Å². The third kappa shape index (κ3) is 2.88. The van der Waals surface area contributed by atoms with Crippen molar-refractivity contribution in [1.82, 2.24) is 4.57 Å². The Morgan fingerprint density at radius 3 is 2.71 bits per heavy atom. The second kappa shape index (κ2) is 7.01. The number of aromatic nitrogens is 1. The van der Waals surface area contributed by atoms with Crippen LogP contribution in [0.2, 0.25) is 0 Å². The first-order valence-corrected chi connectivity index (χ1v) is 10.3. The highest BCUT2D eigenvalue weighted by atomic mass is 16.5. The first kappa shape index (κ1) is 17.4. The summed E-state index contributed by atoms with van der Waals surface area (Å²) in [6, 6.07) is 14.1.